The number of benzene rings is 2. The molecule has 2 aromatic carbocycles. The van der Waals surface area contributed by atoms with Crippen molar-refractivity contribution < 1.29 is 4.79 Å². The van der Waals surface area contributed by atoms with Gasteiger partial charge in [0.15, 0.2) is 0 Å². The SMILES string of the molecule is CCNc1ccc(C(=O)Nc2ccccc2C#N)c(C)c1. The summed E-state index contributed by atoms with van der Waals surface area (Å²) in [5, 5.41) is 15.0. The quantitative estimate of drug-likeness (QED) is 0.899. The van der Waals surface area contributed by atoms with Gasteiger partial charge in [-0.1, -0.05) is 12.1 Å². The summed E-state index contributed by atoms with van der Waals surface area (Å²) in [7, 11) is 0. The number of rotatable bonds is 4. The number of nitrogens with one attached hydrogen (secondary N) is 2. The van der Waals surface area contributed by atoms with E-state index >= 15 is 0 Å². The van der Waals surface area contributed by atoms with Gasteiger partial charge in [-0.05, 0) is 49.7 Å². The first-order valence-corrected chi connectivity index (χ1v) is 6.80. The summed E-state index contributed by atoms with van der Waals surface area (Å²) in [6, 6.07) is 14.6. The molecule has 0 saturated carbocycles. The normalized spacial score (nSPS) is 9.76. The first-order valence-electron chi connectivity index (χ1n) is 6.80. The second kappa shape index (κ2) is 6.58. The summed E-state index contributed by atoms with van der Waals surface area (Å²) < 4.78 is 0. The molecule has 0 atom stereocenters. The van der Waals surface area contributed by atoms with Crippen molar-refractivity contribution in [2.75, 3.05) is 17.2 Å². The molecule has 106 valence electrons. The minimum Gasteiger partial charge on any atom is -0.385 e. The van der Waals surface area contributed by atoms with Gasteiger partial charge in [-0.3, -0.25) is 4.79 Å². The number of hydrogen-bond acceptors (Lipinski definition) is 3. The van der Waals surface area contributed by atoms with Crippen LogP contribution in [-0.4, -0.2) is 12.5 Å². The smallest absolute Gasteiger partial charge is 0.255 e. The van der Waals surface area contributed by atoms with Gasteiger partial charge in [0.1, 0.15) is 6.07 Å². The number of nitrogens with zero attached hydrogens (tertiary/aromatic N) is 1. The molecule has 21 heavy (non-hydrogen) atoms. The molecule has 0 aliphatic heterocycles. The average molecular weight is 279 g/mol. The Hall–Kier alpha value is -2.80. The summed E-state index contributed by atoms with van der Waals surface area (Å²) >= 11 is 0. The Morgan fingerprint density at radius 2 is 2.00 bits per heavy atom. The molecule has 2 rings (SSSR count). The third-order valence-electron chi connectivity index (χ3n) is 3.15. The maximum atomic E-state index is 12.3. The van der Waals surface area contributed by atoms with Gasteiger partial charge in [0.25, 0.3) is 5.91 Å². The third kappa shape index (κ3) is 3.40. The van der Waals surface area contributed by atoms with E-state index < -0.39 is 0 Å². The number of carbonyl (C=O) groups is 1. The number of anilines is 2. The Kier molecular flexibility index (Phi) is 4.57. The zero-order chi connectivity index (χ0) is 15.2. The summed E-state index contributed by atoms with van der Waals surface area (Å²) in [5.74, 6) is -0.210. The monoisotopic (exact) mass is 279 g/mol. The zero-order valence-corrected chi connectivity index (χ0v) is 12.1. The lowest BCUT2D eigenvalue weighted by molar-refractivity contribution is 0.102. The lowest BCUT2D eigenvalue weighted by Crippen LogP contribution is -2.14. The van der Waals surface area contributed by atoms with Crippen LogP contribution in [0, 0.1) is 18.3 Å². The van der Waals surface area contributed by atoms with E-state index in [0.29, 0.717) is 16.8 Å². The van der Waals surface area contributed by atoms with Crippen molar-refractivity contribution in [2.24, 2.45) is 0 Å². The molecule has 4 heteroatoms. The standard InChI is InChI=1S/C17H17N3O/c1-3-19-14-8-9-15(12(2)10-14)17(21)20-16-7-5-4-6-13(16)11-18/h4-10,19H,3H2,1-2H3,(H,20,21). The van der Waals surface area contributed by atoms with E-state index in [0.717, 1.165) is 17.8 Å². The van der Waals surface area contributed by atoms with Crippen LogP contribution >= 0.6 is 0 Å². The van der Waals surface area contributed by atoms with Crippen LogP contribution in [0.25, 0.3) is 0 Å². The first-order chi connectivity index (χ1) is 10.2. The van der Waals surface area contributed by atoms with E-state index in [1.807, 2.05) is 26.0 Å². The molecule has 2 aromatic rings. The Balaban J connectivity index is 2.23. The summed E-state index contributed by atoms with van der Waals surface area (Å²) in [5.41, 5.74) is 3.46. The molecule has 0 spiro atoms. The van der Waals surface area contributed by atoms with Gasteiger partial charge in [-0.2, -0.15) is 5.26 Å². The molecular formula is C17H17N3O. The molecule has 2 N–H and O–H groups in total. The highest BCUT2D eigenvalue weighted by molar-refractivity contribution is 6.06. The molecule has 0 fully saturated rings. The Morgan fingerprint density at radius 3 is 2.67 bits per heavy atom. The third-order valence-corrected chi connectivity index (χ3v) is 3.15. The van der Waals surface area contributed by atoms with Crippen LogP contribution in [0.1, 0.15) is 28.4 Å². The maximum Gasteiger partial charge on any atom is 0.255 e. The van der Waals surface area contributed by atoms with Crippen LogP contribution < -0.4 is 10.6 Å². The summed E-state index contributed by atoms with van der Waals surface area (Å²) in [6.07, 6.45) is 0. The van der Waals surface area contributed by atoms with E-state index in [1.54, 1.807) is 30.3 Å². The minimum atomic E-state index is -0.210. The minimum absolute atomic E-state index is 0.210. The van der Waals surface area contributed by atoms with Gasteiger partial charge in [0.2, 0.25) is 0 Å². The lowest BCUT2D eigenvalue weighted by atomic mass is 10.1. The highest BCUT2D eigenvalue weighted by Gasteiger charge is 2.11. The fraction of sp³-hybridized carbons (Fsp3) is 0.176. The lowest BCUT2D eigenvalue weighted by Gasteiger charge is -2.11. The fourth-order valence-corrected chi connectivity index (χ4v) is 2.11. The van der Waals surface area contributed by atoms with Gasteiger partial charge in [-0.25, -0.2) is 0 Å². The zero-order valence-electron chi connectivity index (χ0n) is 12.1. The van der Waals surface area contributed by atoms with Crippen molar-refractivity contribution in [3.8, 4) is 6.07 Å². The molecule has 4 nitrogen and oxygen atoms in total. The van der Waals surface area contributed by atoms with Crippen LogP contribution in [0.4, 0.5) is 11.4 Å². The largest absolute Gasteiger partial charge is 0.385 e. The second-order valence-electron chi connectivity index (χ2n) is 4.67. The van der Waals surface area contributed by atoms with Gasteiger partial charge in [0.05, 0.1) is 11.3 Å². The summed E-state index contributed by atoms with van der Waals surface area (Å²) in [6.45, 7) is 4.75. The first kappa shape index (κ1) is 14.6. The van der Waals surface area contributed by atoms with Crippen molar-refractivity contribution >= 4 is 17.3 Å². The van der Waals surface area contributed by atoms with Crippen molar-refractivity contribution in [3.05, 3.63) is 59.2 Å². The van der Waals surface area contributed by atoms with Crippen LogP contribution in [0.15, 0.2) is 42.5 Å². The molecule has 0 saturated heterocycles. The van der Waals surface area contributed by atoms with Gasteiger partial charge in [-0.15, -0.1) is 0 Å². The van der Waals surface area contributed by atoms with Crippen molar-refractivity contribution in [3.63, 3.8) is 0 Å². The van der Waals surface area contributed by atoms with Crippen molar-refractivity contribution in [1.29, 1.82) is 5.26 Å². The number of para-hydroxylation sites is 1. The van der Waals surface area contributed by atoms with Gasteiger partial charge < -0.3 is 10.6 Å². The number of hydrogen-bond donors (Lipinski definition) is 2. The molecule has 0 aromatic heterocycles. The number of aryl methyl sites for hydroxylation is 1. The topological polar surface area (TPSA) is 64.9 Å². The van der Waals surface area contributed by atoms with Gasteiger partial charge >= 0.3 is 0 Å². The van der Waals surface area contributed by atoms with Crippen LogP contribution in [0.5, 0.6) is 0 Å². The van der Waals surface area contributed by atoms with Gasteiger partial charge in [0, 0.05) is 17.8 Å². The maximum absolute atomic E-state index is 12.3. The molecule has 0 bridgehead atoms. The van der Waals surface area contributed by atoms with E-state index in [1.165, 1.54) is 0 Å². The fourth-order valence-electron chi connectivity index (χ4n) is 2.11. The number of nitriles is 1. The molecule has 0 unspecified atom stereocenters. The predicted molar refractivity (Wildman–Crippen MR) is 84.5 cm³/mol. The van der Waals surface area contributed by atoms with E-state index in [4.69, 9.17) is 5.26 Å². The highest BCUT2D eigenvalue weighted by atomic mass is 16.1. The highest BCUT2D eigenvalue weighted by Crippen LogP contribution is 2.19. The Labute approximate surface area is 124 Å². The Bertz CT molecular complexity index is 701. The van der Waals surface area contributed by atoms with Crippen LogP contribution in [0.2, 0.25) is 0 Å². The molecular weight excluding hydrogens is 262 g/mol. The van der Waals surface area contributed by atoms with E-state index in [-0.39, 0.29) is 5.91 Å². The molecule has 0 aliphatic carbocycles. The number of carbonyl (C=O) groups excluding carboxylic acids is 1. The van der Waals surface area contributed by atoms with Crippen molar-refractivity contribution in [2.45, 2.75) is 13.8 Å². The molecule has 1 amide bonds. The molecule has 0 heterocycles. The molecule has 0 radical (unpaired) electrons. The Morgan fingerprint density at radius 1 is 1.24 bits per heavy atom. The summed E-state index contributed by atoms with van der Waals surface area (Å²) in [4.78, 5) is 12.3. The second-order valence-corrected chi connectivity index (χ2v) is 4.67. The number of amides is 1. The average Bonchev–Trinajstić information content (AvgIpc) is 2.48. The van der Waals surface area contributed by atoms with Crippen LogP contribution in [0.3, 0.4) is 0 Å². The van der Waals surface area contributed by atoms with E-state index in [2.05, 4.69) is 16.7 Å². The van der Waals surface area contributed by atoms with Crippen LogP contribution in [-0.2, 0) is 0 Å². The van der Waals surface area contributed by atoms with E-state index in [9.17, 15) is 4.79 Å². The predicted octanol–water partition coefficient (Wildman–Crippen LogP) is 3.55. The molecule has 0 aliphatic rings. The van der Waals surface area contributed by atoms with Crippen molar-refractivity contribution in [1.82, 2.24) is 0 Å².